The molecule has 0 aliphatic carbocycles. The van der Waals surface area contributed by atoms with Crippen LogP contribution in [0.3, 0.4) is 0 Å². The predicted octanol–water partition coefficient (Wildman–Crippen LogP) is 15.1. The second-order valence-corrected chi connectivity index (χ2v) is 10.9. The van der Waals surface area contributed by atoms with Crippen molar-refractivity contribution < 1.29 is 0 Å². The summed E-state index contributed by atoms with van der Waals surface area (Å²) in [5.74, 6) is 0. The highest BCUT2D eigenvalue weighted by Crippen LogP contribution is 2.20. The third-order valence-electron chi connectivity index (χ3n) is 7.52. The summed E-state index contributed by atoms with van der Waals surface area (Å²) in [6, 6.07) is 83.1. The van der Waals surface area contributed by atoms with Crippen molar-refractivity contribution >= 4 is 49.6 Å². The Morgan fingerprint density at radius 1 is 0.115 bits per heavy atom. The third-order valence-corrected chi connectivity index (χ3v) is 7.52. The van der Waals surface area contributed by atoms with Crippen LogP contribution < -0.4 is 0 Å². The first-order valence-corrected chi connectivity index (χ1v) is 16.3. The molecule has 0 N–H and O–H groups in total. The summed E-state index contributed by atoms with van der Waals surface area (Å²) < 4.78 is 0. The molecular formula is C48H44Cl4. The second kappa shape index (κ2) is 26.7. The summed E-state index contributed by atoms with van der Waals surface area (Å²) in [5.41, 5.74) is 10.2. The molecule has 264 valence electrons. The standard InChI is InChI=1S/4C12H10.4ClH/c4*1-3-7-11(8-4-1)12-9-5-2-6-10-12;;;;/h4*1-10H;4*1H. The van der Waals surface area contributed by atoms with Crippen LogP contribution in [0.5, 0.6) is 0 Å². The van der Waals surface area contributed by atoms with E-state index in [1.54, 1.807) is 0 Å². The van der Waals surface area contributed by atoms with Crippen molar-refractivity contribution in [3.63, 3.8) is 0 Å². The lowest BCUT2D eigenvalue weighted by atomic mass is 10.1. The van der Waals surface area contributed by atoms with Crippen LogP contribution in [0.1, 0.15) is 0 Å². The summed E-state index contributed by atoms with van der Waals surface area (Å²) in [7, 11) is 0. The van der Waals surface area contributed by atoms with Crippen molar-refractivity contribution in [3.05, 3.63) is 243 Å². The van der Waals surface area contributed by atoms with Crippen LogP contribution in [-0.4, -0.2) is 0 Å². The van der Waals surface area contributed by atoms with E-state index in [0.717, 1.165) is 0 Å². The molecule has 52 heavy (non-hydrogen) atoms. The van der Waals surface area contributed by atoms with Gasteiger partial charge in [0.15, 0.2) is 0 Å². The Morgan fingerprint density at radius 2 is 0.192 bits per heavy atom. The van der Waals surface area contributed by atoms with Crippen molar-refractivity contribution in [2.75, 3.05) is 0 Å². The van der Waals surface area contributed by atoms with Crippen molar-refractivity contribution in [1.82, 2.24) is 0 Å². The molecule has 0 amide bonds. The maximum Gasteiger partial charge on any atom is -0.0184 e. The Labute approximate surface area is 334 Å². The van der Waals surface area contributed by atoms with Gasteiger partial charge < -0.3 is 0 Å². The van der Waals surface area contributed by atoms with Gasteiger partial charge >= 0.3 is 0 Å². The average Bonchev–Trinajstić information content (AvgIpc) is 3.21. The highest BCUT2D eigenvalue weighted by molar-refractivity contribution is 5.86. The van der Waals surface area contributed by atoms with E-state index in [1.807, 2.05) is 48.5 Å². The lowest BCUT2D eigenvalue weighted by Gasteiger charge is -1.98. The molecule has 0 atom stereocenters. The van der Waals surface area contributed by atoms with Gasteiger partial charge in [0.2, 0.25) is 0 Å². The molecule has 0 fully saturated rings. The van der Waals surface area contributed by atoms with E-state index in [9.17, 15) is 0 Å². The highest BCUT2D eigenvalue weighted by atomic mass is 35.5. The van der Waals surface area contributed by atoms with Gasteiger partial charge in [-0.1, -0.05) is 243 Å². The maximum atomic E-state index is 2.12. The normalized spacial score (nSPS) is 8.92. The van der Waals surface area contributed by atoms with Crippen molar-refractivity contribution in [2.24, 2.45) is 0 Å². The largest absolute Gasteiger partial charge is 0.147 e. The van der Waals surface area contributed by atoms with E-state index in [-0.39, 0.29) is 49.6 Å². The average molecular weight is 763 g/mol. The van der Waals surface area contributed by atoms with Crippen LogP contribution in [0.2, 0.25) is 0 Å². The van der Waals surface area contributed by atoms with Crippen molar-refractivity contribution in [3.8, 4) is 44.5 Å². The molecule has 8 aromatic carbocycles. The van der Waals surface area contributed by atoms with Gasteiger partial charge in [-0.25, -0.2) is 0 Å². The van der Waals surface area contributed by atoms with Crippen LogP contribution in [-0.2, 0) is 0 Å². The molecule has 4 heteroatoms. The zero-order valence-electron chi connectivity index (χ0n) is 28.7. The molecule has 0 heterocycles. The van der Waals surface area contributed by atoms with Gasteiger partial charge in [-0.3, -0.25) is 0 Å². The maximum absolute atomic E-state index is 2.12. The van der Waals surface area contributed by atoms with Gasteiger partial charge in [0.05, 0.1) is 0 Å². The Balaban J connectivity index is 0.000000338. The van der Waals surface area contributed by atoms with E-state index >= 15 is 0 Å². The summed E-state index contributed by atoms with van der Waals surface area (Å²) in [5, 5.41) is 0. The Morgan fingerprint density at radius 3 is 0.269 bits per heavy atom. The molecule has 0 aromatic heterocycles. The monoisotopic (exact) mass is 760 g/mol. The number of hydrogen-bond donors (Lipinski definition) is 0. The minimum Gasteiger partial charge on any atom is -0.147 e. The first kappa shape index (κ1) is 44.9. The fourth-order valence-electron chi connectivity index (χ4n) is 5.04. The van der Waals surface area contributed by atoms with Gasteiger partial charge in [0, 0.05) is 0 Å². The molecule has 0 aliphatic heterocycles. The van der Waals surface area contributed by atoms with E-state index in [4.69, 9.17) is 0 Å². The van der Waals surface area contributed by atoms with E-state index in [1.165, 1.54) is 44.5 Å². The van der Waals surface area contributed by atoms with Gasteiger partial charge in [-0.15, -0.1) is 49.6 Å². The van der Waals surface area contributed by atoms with Gasteiger partial charge in [0.1, 0.15) is 0 Å². The summed E-state index contributed by atoms with van der Waals surface area (Å²) in [6.45, 7) is 0. The molecule has 0 aliphatic rings. The molecule has 0 spiro atoms. The lowest BCUT2D eigenvalue weighted by molar-refractivity contribution is 1.62. The van der Waals surface area contributed by atoms with Crippen LogP contribution in [0.4, 0.5) is 0 Å². The second-order valence-electron chi connectivity index (χ2n) is 10.9. The molecule has 0 unspecified atom stereocenters. The van der Waals surface area contributed by atoms with Gasteiger partial charge in [-0.2, -0.15) is 0 Å². The van der Waals surface area contributed by atoms with E-state index < -0.39 is 0 Å². The molecular weight excluding hydrogens is 718 g/mol. The van der Waals surface area contributed by atoms with Crippen molar-refractivity contribution in [2.45, 2.75) is 0 Å². The van der Waals surface area contributed by atoms with Crippen LogP contribution in [0.25, 0.3) is 44.5 Å². The number of hydrogen-bond acceptors (Lipinski definition) is 0. The Kier molecular flexibility index (Phi) is 23.1. The van der Waals surface area contributed by atoms with Gasteiger partial charge in [0.25, 0.3) is 0 Å². The summed E-state index contributed by atoms with van der Waals surface area (Å²) in [4.78, 5) is 0. The number of rotatable bonds is 4. The summed E-state index contributed by atoms with van der Waals surface area (Å²) >= 11 is 0. The minimum atomic E-state index is 0. The molecule has 0 saturated heterocycles. The van der Waals surface area contributed by atoms with Crippen LogP contribution in [0, 0.1) is 0 Å². The quantitative estimate of drug-likeness (QED) is 0.168. The summed E-state index contributed by atoms with van der Waals surface area (Å²) in [6.07, 6.45) is 0. The van der Waals surface area contributed by atoms with Gasteiger partial charge in [-0.05, 0) is 44.5 Å². The Hall–Kier alpha value is -5.08. The van der Waals surface area contributed by atoms with Crippen LogP contribution in [0.15, 0.2) is 243 Å². The predicted molar refractivity (Wildman–Crippen MR) is 237 cm³/mol. The third kappa shape index (κ3) is 15.4. The first-order chi connectivity index (χ1) is 23.9. The Bertz CT molecular complexity index is 1510. The van der Waals surface area contributed by atoms with E-state index in [0.29, 0.717) is 0 Å². The van der Waals surface area contributed by atoms with Crippen molar-refractivity contribution in [1.29, 1.82) is 0 Å². The molecule has 0 saturated carbocycles. The topological polar surface area (TPSA) is 0 Å². The fourth-order valence-corrected chi connectivity index (χ4v) is 5.04. The fraction of sp³-hybridized carbons (Fsp3) is 0. The van der Waals surface area contributed by atoms with Crippen LogP contribution >= 0.6 is 49.6 Å². The number of halogens is 4. The molecule has 8 rings (SSSR count). The SMILES string of the molecule is Cl.Cl.Cl.Cl.c1ccc(-c2ccccc2)cc1.c1ccc(-c2ccccc2)cc1.c1ccc(-c2ccccc2)cc1.c1ccc(-c2ccccc2)cc1. The first-order valence-electron chi connectivity index (χ1n) is 16.3. The molecule has 8 aromatic rings. The smallest absolute Gasteiger partial charge is 0.0184 e. The number of benzene rings is 8. The zero-order chi connectivity index (χ0) is 32.9. The molecule has 0 nitrogen and oxygen atoms in total. The zero-order valence-corrected chi connectivity index (χ0v) is 32.0. The van der Waals surface area contributed by atoms with E-state index in [2.05, 4.69) is 194 Å². The lowest BCUT2D eigenvalue weighted by Crippen LogP contribution is -1.73. The molecule has 0 radical (unpaired) electrons. The highest BCUT2D eigenvalue weighted by Gasteiger charge is 1.94. The minimum absolute atomic E-state index is 0. The molecule has 0 bridgehead atoms.